The third kappa shape index (κ3) is 5.85. The van der Waals surface area contributed by atoms with Crippen molar-refractivity contribution >= 4 is 11.9 Å². The van der Waals surface area contributed by atoms with Gasteiger partial charge in [0.2, 0.25) is 5.91 Å². The fraction of sp³-hybridized carbons (Fsp3) is 0.500. The number of hydrogen-bond donors (Lipinski definition) is 1. The van der Waals surface area contributed by atoms with E-state index in [0.717, 1.165) is 11.3 Å². The number of carbonyl (C=O) groups is 2. The first kappa shape index (κ1) is 17.0. The summed E-state index contributed by atoms with van der Waals surface area (Å²) >= 11 is 0. The van der Waals surface area contributed by atoms with Gasteiger partial charge in [-0.15, -0.1) is 0 Å². The van der Waals surface area contributed by atoms with Gasteiger partial charge in [0, 0.05) is 12.8 Å². The highest BCUT2D eigenvalue weighted by Gasteiger charge is 2.22. The Labute approximate surface area is 125 Å². The number of nitrogens with one attached hydrogen (secondary N) is 1. The van der Waals surface area contributed by atoms with Crippen LogP contribution in [0.25, 0.3) is 0 Å². The topological polar surface area (TPSA) is 64.6 Å². The van der Waals surface area contributed by atoms with E-state index in [4.69, 9.17) is 9.47 Å². The van der Waals surface area contributed by atoms with Gasteiger partial charge in [0.05, 0.1) is 14.2 Å². The van der Waals surface area contributed by atoms with Crippen molar-refractivity contribution in [2.45, 2.75) is 32.7 Å². The second-order valence-corrected chi connectivity index (χ2v) is 5.29. The van der Waals surface area contributed by atoms with E-state index in [1.165, 1.54) is 7.11 Å². The smallest absolute Gasteiger partial charge is 0.328 e. The Morgan fingerprint density at radius 1 is 1.14 bits per heavy atom. The molecule has 0 aromatic heterocycles. The third-order valence-corrected chi connectivity index (χ3v) is 3.01. The third-order valence-electron chi connectivity index (χ3n) is 3.01. The number of ether oxygens (including phenoxy) is 2. The average molecular weight is 293 g/mol. The summed E-state index contributed by atoms with van der Waals surface area (Å²) in [6.07, 6.45) is 0.774. The molecule has 0 heterocycles. The lowest BCUT2D eigenvalue weighted by Crippen LogP contribution is -2.43. The quantitative estimate of drug-likeness (QED) is 0.780. The summed E-state index contributed by atoms with van der Waals surface area (Å²) in [5.41, 5.74) is 0.927. The molecule has 1 atom stereocenters. The Kier molecular flexibility index (Phi) is 6.72. The molecular formula is C16H23NO4. The van der Waals surface area contributed by atoms with Gasteiger partial charge >= 0.3 is 5.97 Å². The molecule has 1 rings (SSSR count). The van der Waals surface area contributed by atoms with Crippen LogP contribution in [0.1, 0.15) is 25.8 Å². The zero-order chi connectivity index (χ0) is 15.8. The maximum Gasteiger partial charge on any atom is 0.328 e. The zero-order valence-corrected chi connectivity index (χ0v) is 13.0. The van der Waals surface area contributed by atoms with Gasteiger partial charge in [0.25, 0.3) is 0 Å². The second kappa shape index (κ2) is 8.29. The predicted molar refractivity (Wildman–Crippen MR) is 80.1 cm³/mol. The average Bonchev–Trinajstić information content (AvgIpc) is 2.45. The van der Waals surface area contributed by atoms with Crippen LogP contribution in [0.15, 0.2) is 24.3 Å². The number of methoxy groups -OCH3 is 2. The van der Waals surface area contributed by atoms with Gasteiger partial charge in [0.15, 0.2) is 0 Å². The summed E-state index contributed by atoms with van der Waals surface area (Å²) in [7, 11) is 2.91. The molecule has 0 spiro atoms. The van der Waals surface area contributed by atoms with Crippen molar-refractivity contribution in [2.75, 3.05) is 14.2 Å². The van der Waals surface area contributed by atoms with Crippen LogP contribution in [0.3, 0.4) is 0 Å². The summed E-state index contributed by atoms with van der Waals surface area (Å²) in [5.74, 6) is 0.401. The van der Waals surface area contributed by atoms with E-state index >= 15 is 0 Å². The van der Waals surface area contributed by atoms with Gasteiger partial charge in [-0.25, -0.2) is 4.79 Å². The molecule has 116 valence electrons. The van der Waals surface area contributed by atoms with Gasteiger partial charge < -0.3 is 14.8 Å². The van der Waals surface area contributed by atoms with Crippen LogP contribution >= 0.6 is 0 Å². The maximum absolute atomic E-state index is 11.8. The van der Waals surface area contributed by atoms with Crippen LogP contribution in [0.4, 0.5) is 0 Å². The number of esters is 1. The predicted octanol–water partition coefficient (Wildman–Crippen LogP) is 1.94. The number of hydrogen-bond acceptors (Lipinski definition) is 4. The van der Waals surface area contributed by atoms with Gasteiger partial charge in [-0.05, 0) is 23.6 Å². The van der Waals surface area contributed by atoms with Crippen LogP contribution in [0, 0.1) is 5.92 Å². The molecule has 0 saturated heterocycles. The first-order valence-electron chi connectivity index (χ1n) is 6.96. The normalized spacial score (nSPS) is 11.9. The molecule has 0 unspecified atom stereocenters. The Morgan fingerprint density at radius 2 is 1.76 bits per heavy atom. The van der Waals surface area contributed by atoms with Crippen molar-refractivity contribution in [3.05, 3.63) is 29.8 Å². The number of benzene rings is 1. The fourth-order valence-electron chi connectivity index (χ4n) is 1.96. The van der Waals surface area contributed by atoms with Gasteiger partial charge in [-0.2, -0.15) is 0 Å². The van der Waals surface area contributed by atoms with Crippen LogP contribution in [-0.4, -0.2) is 32.1 Å². The summed E-state index contributed by atoms with van der Waals surface area (Å²) in [6, 6.07) is 6.70. The monoisotopic (exact) mass is 293 g/mol. The minimum Gasteiger partial charge on any atom is -0.497 e. The molecule has 1 aromatic rings. The van der Waals surface area contributed by atoms with E-state index in [1.54, 1.807) is 7.11 Å². The first-order chi connectivity index (χ1) is 9.96. The Bertz CT molecular complexity index is 468. The van der Waals surface area contributed by atoms with Crippen molar-refractivity contribution in [1.29, 1.82) is 0 Å². The maximum atomic E-state index is 11.8. The van der Waals surface area contributed by atoms with E-state index in [1.807, 2.05) is 38.1 Å². The van der Waals surface area contributed by atoms with E-state index < -0.39 is 12.0 Å². The van der Waals surface area contributed by atoms with Crippen molar-refractivity contribution in [2.24, 2.45) is 5.92 Å². The summed E-state index contributed by atoms with van der Waals surface area (Å²) in [6.45, 7) is 3.91. The standard InChI is InChI=1S/C16H23NO4/c1-11(2)9-15(18)17-14(16(19)21-4)10-12-5-7-13(20-3)8-6-12/h5-8,11,14H,9-10H2,1-4H3,(H,17,18)/t14-/m1/s1. The van der Waals surface area contributed by atoms with Crippen molar-refractivity contribution < 1.29 is 19.1 Å². The van der Waals surface area contributed by atoms with E-state index in [9.17, 15) is 9.59 Å². The first-order valence-corrected chi connectivity index (χ1v) is 6.96. The number of rotatable bonds is 7. The van der Waals surface area contributed by atoms with Crippen LogP contribution < -0.4 is 10.1 Å². The molecule has 1 aromatic carbocycles. The largest absolute Gasteiger partial charge is 0.497 e. The molecule has 0 bridgehead atoms. The molecule has 21 heavy (non-hydrogen) atoms. The lowest BCUT2D eigenvalue weighted by atomic mass is 10.0. The van der Waals surface area contributed by atoms with Crippen LogP contribution in [0.5, 0.6) is 5.75 Å². The minimum absolute atomic E-state index is 0.145. The van der Waals surface area contributed by atoms with Gasteiger partial charge in [-0.3, -0.25) is 4.79 Å². The molecular weight excluding hydrogens is 270 g/mol. The Balaban J connectivity index is 2.73. The summed E-state index contributed by atoms with van der Waals surface area (Å²) in [4.78, 5) is 23.6. The second-order valence-electron chi connectivity index (χ2n) is 5.29. The van der Waals surface area contributed by atoms with Gasteiger partial charge in [0.1, 0.15) is 11.8 Å². The molecule has 0 fully saturated rings. The van der Waals surface area contributed by atoms with Gasteiger partial charge in [-0.1, -0.05) is 26.0 Å². The van der Waals surface area contributed by atoms with Crippen molar-refractivity contribution in [3.63, 3.8) is 0 Å². The molecule has 1 N–H and O–H groups in total. The zero-order valence-electron chi connectivity index (χ0n) is 13.0. The molecule has 0 aliphatic rings. The lowest BCUT2D eigenvalue weighted by Gasteiger charge is -2.17. The van der Waals surface area contributed by atoms with E-state index in [2.05, 4.69) is 5.32 Å². The number of carbonyl (C=O) groups excluding carboxylic acids is 2. The summed E-state index contributed by atoms with van der Waals surface area (Å²) < 4.78 is 9.85. The number of amides is 1. The SMILES string of the molecule is COC(=O)[C@@H](Cc1ccc(OC)cc1)NC(=O)CC(C)C. The van der Waals surface area contributed by atoms with Crippen molar-refractivity contribution in [1.82, 2.24) is 5.32 Å². The molecule has 0 aliphatic carbocycles. The van der Waals surface area contributed by atoms with Crippen molar-refractivity contribution in [3.8, 4) is 5.75 Å². The molecule has 0 aliphatic heterocycles. The summed E-state index contributed by atoms with van der Waals surface area (Å²) in [5, 5.41) is 2.73. The molecule has 0 saturated carbocycles. The highest BCUT2D eigenvalue weighted by Crippen LogP contribution is 2.13. The minimum atomic E-state index is -0.672. The fourth-order valence-corrected chi connectivity index (χ4v) is 1.96. The highest BCUT2D eigenvalue weighted by atomic mass is 16.5. The molecule has 0 radical (unpaired) electrons. The lowest BCUT2D eigenvalue weighted by molar-refractivity contribution is -0.145. The molecule has 5 heteroatoms. The Hall–Kier alpha value is -2.04. The highest BCUT2D eigenvalue weighted by molar-refractivity contribution is 5.84. The Morgan fingerprint density at radius 3 is 2.24 bits per heavy atom. The van der Waals surface area contributed by atoms with Crippen LogP contribution in [0.2, 0.25) is 0 Å². The van der Waals surface area contributed by atoms with E-state index in [0.29, 0.717) is 12.8 Å². The molecule has 1 amide bonds. The van der Waals surface area contributed by atoms with E-state index in [-0.39, 0.29) is 11.8 Å². The molecule has 5 nitrogen and oxygen atoms in total. The van der Waals surface area contributed by atoms with Crippen LogP contribution in [-0.2, 0) is 20.7 Å².